The van der Waals surface area contributed by atoms with Gasteiger partial charge in [0.2, 0.25) is 10.0 Å². The van der Waals surface area contributed by atoms with Crippen LogP contribution in [0.4, 0.5) is 21.9 Å². The Bertz CT molecular complexity index is 2880. The first kappa shape index (κ1) is 37.0. The molecule has 0 saturated carbocycles. The number of benzene rings is 6. The molecule has 0 spiro atoms. The Hall–Kier alpha value is -6.98. The summed E-state index contributed by atoms with van der Waals surface area (Å²) in [4.78, 5) is 13.4. The predicted molar refractivity (Wildman–Crippen MR) is 229 cm³/mol. The van der Waals surface area contributed by atoms with Gasteiger partial charge in [0.25, 0.3) is 0 Å². The van der Waals surface area contributed by atoms with E-state index in [1.807, 2.05) is 126 Å². The summed E-state index contributed by atoms with van der Waals surface area (Å²) < 4.78 is 34.0. The molecule has 2 aromatic heterocycles. The minimum absolute atomic E-state index is 0.172. The highest BCUT2D eigenvalue weighted by atomic mass is 32.2. The lowest BCUT2D eigenvalue weighted by molar-refractivity contribution is 0.262. The second-order valence-corrected chi connectivity index (χ2v) is 16.0. The normalized spacial score (nSPS) is 11.5. The predicted octanol–water partition coefficient (Wildman–Crippen LogP) is 9.97. The molecule has 0 unspecified atom stereocenters. The fourth-order valence-corrected chi connectivity index (χ4v) is 8.54. The average molecular weight is 776 g/mol. The van der Waals surface area contributed by atoms with Gasteiger partial charge >= 0.3 is 6.03 Å². The molecule has 57 heavy (non-hydrogen) atoms. The van der Waals surface area contributed by atoms with Crippen LogP contribution in [0.15, 0.2) is 146 Å². The fourth-order valence-electron chi connectivity index (χ4n) is 7.23. The van der Waals surface area contributed by atoms with Crippen LogP contribution in [-0.4, -0.2) is 33.8 Å². The van der Waals surface area contributed by atoms with E-state index in [2.05, 4.69) is 15.4 Å². The maximum atomic E-state index is 13.6. The number of anilines is 3. The van der Waals surface area contributed by atoms with Crippen LogP contribution in [0.3, 0.4) is 0 Å². The number of amides is 2. The van der Waals surface area contributed by atoms with Crippen LogP contribution in [-0.2, 0) is 28.6 Å². The zero-order valence-electron chi connectivity index (χ0n) is 31.4. The number of carbonyl (C=O) groups excluding carboxylic acids is 1. The molecule has 8 rings (SSSR count). The van der Waals surface area contributed by atoms with Crippen LogP contribution in [0.2, 0.25) is 0 Å². The van der Waals surface area contributed by atoms with Crippen LogP contribution in [0.25, 0.3) is 33.2 Å². The smallest absolute Gasteiger partial charge is 0.323 e. The molecule has 2 amide bonds. The number of aromatic nitrogens is 2. The van der Waals surface area contributed by atoms with Gasteiger partial charge in [-0.05, 0) is 146 Å². The summed E-state index contributed by atoms with van der Waals surface area (Å²) >= 11 is 0. The highest BCUT2D eigenvalue weighted by Crippen LogP contribution is 2.31. The standard InChI is InChI=1S/C46H41N5O5S/c1-30-9-13-33(43(27-30)48-46(54)47-41-5-3-7-44-39(41)23-25-50(44)35-15-19-37(52)20-16-35)14-12-32-11-10-31(2)34(28-32)29-57(55,56)49-42-6-4-8-45-40(42)24-26-51(45)36-17-21-38(53)22-18-36/h3-11,13,15-28,49,52-53H,12,14,29H2,1-2H3,(H2,47,48,54). The Labute approximate surface area is 330 Å². The Morgan fingerprint density at radius 1 is 0.596 bits per heavy atom. The molecule has 0 bridgehead atoms. The van der Waals surface area contributed by atoms with Crippen LogP contribution >= 0.6 is 0 Å². The van der Waals surface area contributed by atoms with E-state index in [0.29, 0.717) is 35.5 Å². The summed E-state index contributed by atoms with van der Waals surface area (Å²) in [7, 11) is -3.78. The molecular formula is C46H41N5O5S. The number of carbonyl (C=O) groups is 1. The summed E-state index contributed by atoms with van der Waals surface area (Å²) in [6.07, 6.45) is 5.06. The summed E-state index contributed by atoms with van der Waals surface area (Å²) in [6.45, 7) is 3.89. The largest absolute Gasteiger partial charge is 0.508 e. The van der Waals surface area contributed by atoms with Crippen molar-refractivity contribution in [2.75, 3.05) is 15.4 Å². The van der Waals surface area contributed by atoms with E-state index in [9.17, 15) is 23.4 Å². The van der Waals surface area contributed by atoms with Crippen molar-refractivity contribution in [2.45, 2.75) is 32.4 Å². The van der Waals surface area contributed by atoms with Gasteiger partial charge < -0.3 is 30.0 Å². The van der Waals surface area contributed by atoms with Gasteiger partial charge in [0.15, 0.2) is 0 Å². The number of nitrogens with one attached hydrogen (secondary N) is 3. The lowest BCUT2D eigenvalue weighted by atomic mass is 9.99. The molecule has 0 saturated heterocycles. The molecule has 11 heteroatoms. The van der Waals surface area contributed by atoms with Crippen LogP contribution in [0.1, 0.15) is 27.8 Å². The third-order valence-corrected chi connectivity index (χ3v) is 11.4. The van der Waals surface area contributed by atoms with E-state index in [-0.39, 0.29) is 23.3 Å². The number of phenols is 2. The van der Waals surface area contributed by atoms with Crippen molar-refractivity contribution < 1.29 is 23.4 Å². The summed E-state index contributed by atoms with van der Waals surface area (Å²) in [5.74, 6) is 0.175. The number of sulfonamides is 1. The first-order valence-electron chi connectivity index (χ1n) is 18.5. The number of aryl methyl sites for hydroxylation is 4. The molecule has 2 heterocycles. The zero-order valence-corrected chi connectivity index (χ0v) is 32.2. The van der Waals surface area contributed by atoms with Gasteiger partial charge in [-0.2, -0.15) is 0 Å². The number of nitrogens with zero attached hydrogens (tertiary/aromatic N) is 2. The second-order valence-electron chi connectivity index (χ2n) is 14.2. The van der Waals surface area contributed by atoms with E-state index in [1.165, 1.54) is 0 Å². The molecule has 8 aromatic rings. The maximum absolute atomic E-state index is 13.6. The van der Waals surface area contributed by atoms with Crippen molar-refractivity contribution in [1.82, 2.24) is 9.13 Å². The summed E-state index contributed by atoms with van der Waals surface area (Å²) in [5, 5.41) is 27.2. The highest BCUT2D eigenvalue weighted by Gasteiger charge is 2.18. The summed E-state index contributed by atoms with van der Waals surface area (Å²) in [5.41, 5.74) is 9.88. The van der Waals surface area contributed by atoms with E-state index < -0.39 is 10.0 Å². The number of hydrogen-bond donors (Lipinski definition) is 5. The topological polar surface area (TPSA) is 138 Å². The fraction of sp³-hybridized carbons (Fsp3) is 0.109. The molecule has 0 aliphatic carbocycles. The third-order valence-electron chi connectivity index (χ3n) is 10.2. The monoisotopic (exact) mass is 775 g/mol. The van der Waals surface area contributed by atoms with Crippen molar-refractivity contribution in [3.05, 3.63) is 174 Å². The maximum Gasteiger partial charge on any atom is 0.323 e. The van der Waals surface area contributed by atoms with Gasteiger partial charge in [-0.25, -0.2) is 13.2 Å². The van der Waals surface area contributed by atoms with E-state index in [4.69, 9.17) is 0 Å². The molecule has 0 radical (unpaired) electrons. The van der Waals surface area contributed by atoms with Crippen molar-refractivity contribution in [3.8, 4) is 22.9 Å². The highest BCUT2D eigenvalue weighted by molar-refractivity contribution is 7.91. The third kappa shape index (κ3) is 8.05. The van der Waals surface area contributed by atoms with Crippen LogP contribution in [0.5, 0.6) is 11.5 Å². The van der Waals surface area contributed by atoms with Crippen LogP contribution < -0.4 is 15.4 Å². The van der Waals surface area contributed by atoms with E-state index >= 15 is 0 Å². The second kappa shape index (κ2) is 15.3. The molecule has 10 nitrogen and oxygen atoms in total. The van der Waals surface area contributed by atoms with Gasteiger partial charge in [0.05, 0.1) is 28.2 Å². The first-order chi connectivity index (χ1) is 27.5. The number of rotatable bonds is 11. The van der Waals surface area contributed by atoms with Gasteiger partial charge in [0, 0.05) is 40.2 Å². The number of phenolic OH excluding ortho intramolecular Hbond substituents is 2. The Kier molecular flexibility index (Phi) is 9.91. The van der Waals surface area contributed by atoms with Crippen molar-refractivity contribution >= 4 is 54.9 Å². The van der Waals surface area contributed by atoms with Crippen LogP contribution in [0, 0.1) is 13.8 Å². The average Bonchev–Trinajstić information content (AvgIpc) is 3.82. The van der Waals surface area contributed by atoms with E-state index in [1.54, 1.807) is 42.5 Å². The van der Waals surface area contributed by atoms with Gasteiger partial charge in [-0.1, -0.05) is 42.5 Å². The minimum Gasteiger partial charge on any atom is -0.508 e. The van der Waals surface area contributed by atoms with E-state index in [0.717, 1.165) is 55.4 Å². The SMILES string of the molecule is Cc1ccc(CCc2ccc(C)c(CS(=O)(=O)Nc3cccc4c3ccn4-c3ccc(O)cc3)c2)c(NC(=O)Nc2cccc3c2ccn3-c2ccc(O)cc2)c1. The Balaban J connectivity index is 0.948. The van der Waals surface area contributed by atoms with Gasteiger partial charge in [-0.3, -0.25) is 4.72 Å². The molecular weight excluding hydrogens is 735 g/mol. The molecule has 5 N–H and O–H groups in total. The molecule has 0 aliphatic rings. The molecule has 0 fully saturated rings. The van der Waals surface area contributed by atoms with Crippen molar-refractivity contribution in [3.63, 3.8) is 0 Å². The quantitative estimate of drug-likeness (QED) is 0.0891. The van der Waals surface area contributed by atoms with Gasteiger partial charge in [-0.15, -0.1) is 0 Å². The number of aromatic hydroxyl groups is 2. The molecule has 0 atom stereocenters. The van der Waals surface area contributed by atoms with Crippen molar-refractivity contribution in [1.29, 1.82) is 0 Å². The molecule has 0 aliphatic heterocycles. The summed E-state index contributed by atoms with van der Waals surface area (Å²) in [6, 6.07) is 40.4. The first-order valence-corrected chi connectivity index (χ1v) is 20.2. The van der Waals surface area contributed by atoms with Crippen molar-refractivity contribution in [2.24, 2.45) is 0 Å². The Morgan fingerprint density at radius 3 is 1.81 bits per heavy atom. The Morgan fingerprint density at radius 2 is 1.18 bits per heavy atom. The lowest BCUT2D eigenvalue weighted by Crippen LogP contribution is -2.20. The number of fused-ring (bicyclic) bond motifs is 2. The lowest BCUT2D eigenvalue weighted by Gasteiger charge is -2.15. The number of urea groups is 1. The molecule has 286 valence electrons. The van der Waals surface area contributed by atoms with Gasteiger partial charge in [0.1, 0.15) is 11.5 Å². The number of hydrogen-bond acceptors (Lipinski definition) is 5. The molecule has 6 aromatic carbocycles. The zero-order chi connectivity index (χ0) is 39.7. The minimum atomic E-state index is -3.78.